The minimum atomic E-state index is -3.02. The minimum absolute atomic E-state index is 0.122. The maximum atomic E-state index is 11.4. The van der Waals surface area contributed by atoms with Gasteiger partial charge in [-0.15, -0.1) is 0 Å². The van der Waals surface area contributed by atoms with Gasteiger partial charge in [0.05, 0.1) is 5.75 Å². The van der Waals surface area contributed by atoms with Crippen molar-refractivity contribution in [2.45, 2.75) is 31.3 Å². The average Bonchev–Trinajstić information content (AvgIpc) is 2.69. The van der Waals surface area contributed by atoms with Crippen molar-refractivity contribution in [2.75, 3.05) is 5.75 Å². The molecule has 19 heavy (non-hydrogen) atoms. The molecule has 1 heterocycles. The Kier molecular flexibility index (Phi) is 3.11. The molecule has 1 aliphatic heterocycles. The predicted octanol–water partition coefficient (Wildman–Crippen LogP) is 1.67. The van der Waals surface area contributed by atoms with Gasteiger partial charge < -0.3 is 10.4 Å². The molecule has 0 bridgehead atoms. The summed E-state index contributed by atoms with van der Waals surface area (Å²) in [5.74, 6) is 0.402. The molecule has 1 aromatic carbocycles. The third-order valence-electron chi connectivity index (χ3n) is 3.79. The van der Waals surface area contributed by atoms with Gasteiger partial charge in [0.15, 0.2) is 9.84 Å². The molecule has 1 aliphatic carbocycles. The Morgan fingerprint density at radius 2 is 2.16 bits per heavy atom. The molecule has 2 atom stereocenters. The fraction of sp³-hybridized carbons (Fsp3) is 0.429. The molecular formula is C14H17NO3S. The third-order valence-corrected chi connectivity index (χ3v) is 5.18. The van der Waals surface area contributed by atoms with E-state index in [4.69, 9.17) is 0 Å². The number of aryl methyl sites for hydroxylation is 1. The summed E-state index contributed by atoms with van der Waals surface area (Å²) in [7, 11) is -3.02. The molecular weight excluding hydrogens is 262 g/mol. The summed E-state index contributed by atoms with van der Waals surface area (Å²) in [5.41, 5.74) is 2.34. The summed E-state index contributed by atoms with van der Waals surface area (Å²) < 4.78 is 22.8. The quantitative estimate of drug-likeness (QED) is 0.864. The number of hydrogen-bond acceptors (Lipinski definition) is 4. The smallest absolute Gasteiger partial charge is 0.173 e. The fourth-order valence-corrected chi connectivity index (χ4v) is 4.15. The summed E-state index contributed by atoms with van der Waals surface area (Å²) in [4.78, 5) is 0. The lowest BCUT2D eigenvalue weighted by molar-refractivity contribution is 0.433. The highest BCUT2D eigenvalue weighted by atomic mass is 32.2. The standard InChI is InChI=1S/C14H17NO3S/c16-12-5-4-10-2-1-3-14(13(10)8-12)15-11-6-7-19(17,18)9-11/h4-8,11,14-16H,1-3,9H2. The molecule has 2 N–H and O–H groups in total. The molecule has 0 saturated carbocycles. The van der Waals surface area contributed by atoms with Gasteiger partial charge in [-0.2, -0.15) is 0 Å². The molecule has 2 unspecified atom stereocenters. The van der Waals surface area contributed by atoms with Crippen molar-refractivity contribution in [1.29, 1.82) is 0 Å². The first kappa shape index (κ1) is 12.7. The van der Waals surface area contributed by atoms with Crippen LogP contribution in [0.15, 0.2) is 29.7 Å². The van der Waals surface area contributed by atoms with Crippen LogP contribution in [0.25, 0.3) is 0 Å². The van der Waals surface area contributed by atoms with Crippen LogP contribution in [-0.2, 0) is 16.3 Å². The highest BCUT2D eigenvalue weighted by Gasteiger charge is 2.27. The maximum absolute atomic E-state index is 11.4. The largest absolute Gasteiger partial charge is 0.508 e. The number of aromatic hydroxyl groups is 1. The summed E-state index contributed by atoms with van der Waals surface area (Å²) >= 11 is 0. The molecule has 102 valence electrons. The van der Waals surface area contributed by atoms with Gasteiger partial charge in [-0.3, -0.25) is 0 Å². The van der Waals surface area contributed by atoms with Gasteiger partial charge in [0.1, 0.15) is 5.75 Å². The molecule has 4 nitrogen and oxygen atoms in total. The van der Waals surface area contributed by atoms with E-state index in [0.717, 1.165) is 24.8 Å². The van der Waals surface area contributed by atoms with Crippen LogP contribution in [-0.4, -0.2) is 25.3 Å². The van der Waals surface area contributed by atoms with Gasteiger partial charge in [-0.25, -0.2) is 8.42 Å². The molecule has 0 fully saturated rings. The molecule has 3 rings (SSSR count). The summed E-state index contributed by atoms with van der Waals surface area (Å²) in [6.07, 6.45) is 4.79. The van der Waals surface area contributed by atoms with E-state index >= 15 is 0 Å². The second kappa shape index (κ2) is 4.65. The van der Waals surface area contributed by atoms with E-state index in [1.165, 1.54) is 11.0 Å². The van der Waals surface area contributed by atoms with Crippen molar-refractivity contribution in [2.24, 2.45) is 0 Å². The zero-order valence-electron chi connectivity index (χ0n) is 10.5. The number of benzene rings is 1. The Morgan fingerprint density at radius 3 is 2.89 bits per heavy atom. The van der Waals surface area contributed by atoms with E-state index in [1.54, 1.807) is 18.2 Å². The molecule has 0 amide bonds. The maximum Gasteiger partial charge on any atom is 0.173 e. The second-order valence-electron chi connectivity index (χ2n) is 5.26. The van der Waals surface area contributed by atoms with Gasteiger partial charge in [-0.05, 0) is 42.5 Å². The molecule has 0 saturated heterocycles. The van der Waals surface area contributed by atoms with Crippen LogP contribution in [0.1, 0.15) is 30.0 Å². The van der Waals surface area contributed by atoms with Crippen LogP contribution in [0.4, 0.5) is 0 Å². The summed E-state index contributed by atoms with van der Waals surface area (Å²) in [5, 5.41) is 14.3. The lowest BCUT2D eigenvalue weighted by Crippen LogP contribution is -2.35. The first-order chi connectivity index (χ1) is 9.03. The summed E-state index contributed by atoms with van der Waals surface area (Å²) in [6.45, 7) is 0. The van der Waals surface area contributed by atoms with Gasteiger partial charge in [-0.1, -0.05) is 12.1 Å². The molecule has 2 aliphatic rings. The van der Waals surface area contributed by atoms with E-state index in [-0.39, 0.29) is 23.6 Å². The van der Waals surface area contributed by atoms with Crippen LogP contribution in [0.2, 0.25) is 0 Å². The molecule has 1 aromatic rings. The summed E-state index contributed by atoms with van der Waals surface area (Å²) in [6, 6.07) is 5.46. The number of rotatable bonds is 2. The number of hydrogen-bond donors (Lipinski definition) is 2. The molecule has 0 radical (unpaired) electrons. The topological polar surface area (TPSA) is 66.4 Å². The first-order valence-corrected chi connectivity index (χ1v) is 8.24. The van der Waals surface area contributed by atoms with Crippen LogP contribution in [0.5, 0.6) is 5.75 Å². The van der Waals surface area contributed by atoms with E-state index < -0.39 is 9.84 Å². The normalized spacial score (nSPS) is 28.2. The Labute approximate surface area is 113 Å². The van der Waals surface area contributed by atoms with E-state index in [0.29, 0.717) is 0 Å². The van der Waals surface area contributed by atoms with Crippen molar-refractivity contribution in [3.8, 4) is 5.75 Å². The van der Waals surface area contributed by atoms with Crippen molar-refractivity contribution in [3.05, 3.63) is 40.8 Å². The predicted molar refractivity (Wildman–Crippen MR) is 73.6 cm³/mol. The third kappa shape index (κ3) is 2.67. The second-order valence-corrected chi connectivity index (χ2v) is 7.19. The zero-order valence-corrected chi connectivity index (χ0v) is 11.4. The lowest BCUT2D eigenvalue weighted by atomic mass is 9.87. The monoisotopic (exact) mass is 279 g/mol. The molecule has 0 aromatic heterocycles. The lowest BCUT2D eigenvalue weighted by Gasteiger charge is -2.28. The van der Waals surface area contributed by atoms with Crippen LogP contribution < -0.4 is 5.32 Å². The van der Waals surface area contributed by atoms with Gasteiger partial charge in [0.2, 0.25) is 0 Å². The minimum Gasteiger partial charge on any atom is -0.508 e. The van der Waals surface area contributed by atoms with Gasteiger partial charge >= 0.3 is 0 Å². The van der Waals surface area contributed by atoms with E-state index in [1.807, 2.05) is 6.07 Å². The van der Waals surface area contributed by atoms with Crippen molar-refractivity contribution in [3.63, 3.8) is 0 Å². The Bertz CT molecular complexity index is 622. The van der Waals surface area contributed by atoms with Crippen molar-refractivity contribution in [1.82, 2.24) is 5.32 Å². The van der Waals surface area contributed by atoms with Crippen molar-refractivity contribution >= 4 is 9.84 Å². The number of sulfone groups is 1. The highest BCUT2D eigenvalue weighted by Crippen LogP contribution is 2.32. The van der Waals surface area contributed by atoms with E-state index in [2.05, 4.69) is 5.32 Å². The van der Waals surface area contributed by atoms with Crippen molar-refractivity contribution < 1.29 is 13.5 Å². The van der Waals surface area contributed by atoms with Crippen LogP contribution >= 0.6 is 0 Å². The SMILES string of the molecule is O=S1(=O)C=CC(NC2CCCc3ccc(O)cc32)C1. The average molecular weight is 279 g/mol. The fourth-order valence-electron chi connectivity index (χ4n) is 2.90. The van der Waals surface area contributed by atoms with Gasteiger partial charge in [0, 0.05) is 17.5 Å². The van der Waals surface area contributed by atoms with E-state index in [9.17, 15) is 13.5 Å². The van der Waals surface area contributed by atoms with Gasteiger partial charge in [0.25, 0.3) is 0 Å². The number of phenolic OH excluding ortho intramolecular Hbond substituents is 1. The zero-order chi connectivity index (χ0) is 13.5. The Morgan fingerprint density at radius 1 is 1.32 bits per heavy atom. The first-order valence-electron chi connectivity index (χ1n) is 6.52. The molecule has 5 heteroatoms. The van der Waals surface area contributed by atoms with Crippen LogP contribution in [0.3, 0.4) is 0 Å². The Hall–Kier alpha value is -1.33. The number of phenols is 1. The Balaban J connectivity index is 1.81. The number of fused-ring (bicyclic) bond motifs is 1. The van der Waals surface area contributed by atoms with Crippen LogP contribution in [0, 0.1) is 0 Å². The highest BCUT2D eigenvalue weighted by molar-refractivity contribution is 7.94. The number of nitrogens with one attached hydrogen (secondary N) is 1. The molecule has 0 spiro atoms.